The van der Waals surface area contributed by atoms with E-state index in [1.807, 2.05) is 6.07 Å². The molecule has 0 radical (unpaired) electrons. The van der Waals surface area contributed by atoms with Crippen molar-refractivity contribution >= 4 is 25.0 Å². The van der Waals surface area contributed by atoms with Crippen molar-refractivity contribution in [1.82, 2.24) is 0 Å². The molecule has 0 spiro atoms. The van der Waals surface area contributed by atoms with Crippen LogP contribution in [0.1, 0.15) is 62.4 Å². The van der Waals surface area contributed by atoms with Crippen molar-refractivity contribution in [3.05, 3.63) is 83.9 Å². The summed E-state index contributed by atoms with van der Waals surface area (Å²) >= 11 is 0. The van der Waals surface area contributed by atoms with Gasteiger partial charge < -0.3 is 13.9 Å². The van der Waals surface area contributed by atoms with Crippen LogP contribution in [0.5, 0.6) is 11.5 Å². The molecule has 0 saturated carbocycles. The second kappa shape index (κ2) is 12.9. The highest BCUT2D eigenvalue weighted by atomic mass is 28.4. The van der Waals surface area contributed by atoms with Crippen LogP contribution in [0.2, 0.25) is 5.04 Å². The number of ether oxygens (including phenoxy) is 2. The Hall–Kier alpha value is -2.89. The first kappa shape index (κ1) is 27.7. The molecule has 0 fully saturated rings. The van der Waals surface area contributed by atoms with Crippen molar-refractivity contribution in [3.63, 3.8) is 0 Å². The monoisotopic (exact) mass is 504 g/mol. The highest BCUT2D eigenvalue weighted by Gasteiger charge is 2.49. The van der Waals surface area contributed by atoms with E-state index in [4.69, 9.17) is 13.9 Å². The number of hydrogen-bond acceptors (Lipinski definition) is 4. The first-order valence-corrected chi connectivity index (χ1v) is 14.7. The Labute approximate surface area is 217 Å². The van der Waals surface area contributed by atoms with Crippen molar-refractivity contribution in [2.24, 2.45) is 0 Å². The van der Waals surface area contributed by atoms with Crippen molar-refractivity contribution < 1.29 is 18.7 Å². The lowest BCUT2D eigenvalue weighted by Crippen LogP contribution is -2.66. The fraction of sp³-hybridized carbons (Fsp3) is 0.387. The van der Waals surface area contributed by atoms with Gasteiger partial charge in [-0.2, -0.15) is 0 Å². The van der Waals surface area contributed by atoms with Gasteiger partial charge in [-0.1, -0.05) is 94.3 Å². The van der Waals surface area contributed by atoms with Crippen LogP contribution in [0.4, 0.5) is 0 Å². The first-order chi connectivity index (χ1) is 17.4. The Bertz CT molecular complexity index is 1050. The number of methoxy groups -OCH3 is 2. The van der Waals surface area contributed by atoms with E-state index in [1.165, 1.54) is 10.4 Å². The molecule has 36 heavy (non-hydrogen) atoms. The topological polar surface area (TPSA) is 44.8 Å². The van der Waals surface area contributed by atoms with Gasteiger partial charge in [0.2, 0.25) is 0 Å². The summed E-state index contributed by atoms with van der Waals surface area (Å²) in [5.41, 5.74) is 1.67. The summed E-state index contributed by atoms with van der Waals surface area (Å²) < 4.78 is 17.7. The normalized spacial score (nSPS) is 11.8. The van der Waals surface area contributed by atoms with Gasteiger partial charge in [0.25, 0.3) is 8.32 Å². The summed E-state index contributed by atoms with van der Waals surface area (Å²) in [6.07, 6.45) is 5.92. The molecule has 3 aromatic carbocycles. The average molecular weight is 505 g/mol. The quantitative estimate of drug-likeness (QED) is 0.158. The molecule has 5 heteroatoms. The fourth-order valence-corrected chi connectivity index (χ4v) is 9.63. The maximum atomic E-state index is 11.6. The maximum absolute atomic E-state index is 11.6. The molecule has 3 aromatic rings. The van der Waals surface area contributed by atoms with Crippen molar-refractivity contribution in [1.29, 1.82) is 0 Å². The molecular weight excluding hydrogens is 464 g/mol. The molecule has 0 amide bonds. The van der Waals surface area contributed by atoms with Gasteiger partial charge in [-0.15, -0.1) is 0 Å². The Morgan fingerprint density at radius 2 is 1.28 bits per heavy atom. The third kappa shape index (κ3) is 6.26. The predicted octanol–water partition coefficient (Wildman–Crippen LogP) is 6.20. The van der Waals surface area contributed by atoms with E-state index in [1.54, 1.807) is 20.3 Å². The molecular formula is C31H40O4Si. The molecule has 0 aliphatic carbocycles. The van der Waals surface area contributed by atoms with Gasteiger partial charge in [-0.05, 0) is 52.4 Å². The number of benzene rings is 3. The zero-order valence-electron chi connectivity index (χ0n) is 22.4. The van der Waals surface area contributed by atoms with Gasteiger partial charge in [0.15, 0.2) is 11.5 Å². The van der Waals surface area contributed by atoms with Gasteiger partial charge >= 0.3 is 0 Å². The van der Waals surface area contributed by atoms with Gasteiger partial charge in [-0.3, -0.25) is 4.79 Å². The zero-order chi connectivity index (χ0) is 26.0. The Kier molecular flexibility index (Phi) is 9.91. The number of carbonyl (C=O) groups is 1. The highest BCUT2D eigenvalue weighted by molar-refractivity contribution is 6.99. The Morgan fingerprint density at radius 1 is 0.750 bits per heavy atom. The second-order valence-electron chi connectivity index (χ2n) is 10.2. The first-order valence-electron chi connectivity index (χ1n) is 12.8. The fourth-order valence-electron chi connectivity index (χ4n) is 5.02. The molecule has 3 rings (SSSR count). The summed E-state index contributed by atoms with van der Waals surface area (Å²) in [6.45, 7) is 7.68. The van der Waals surface area contributed by atoms with Gasteiger partial charge in [-0.25, -0.2) is 0 Å². The van der Waals surface area contributed by atoms with E-state index in [9.17, 15) is 4.79 Å². The third-order valence-electron chi connectivity index (χ3n) is 6.85. The largest absolute Gasteiger partial charge is 0.493 e. The smallest absolute Gasteiger partial charge is 0.261 e. The minimum atomic E-state index is -2.47. The number of aryl methyl sites for hydroxylation is 1. The van der Waals surface area contributed by atoms with Crippen LogP contribution in [-0.4, -0.2) is 35.4 Å². The van der Waals surface area contributed by atoms with Crippen molar-refractivity contribution in [2.75, 3.05) is 20.8 Å². The second-order valence-corrected chi connectivity index (χ2v) is 14.5. The average Bonchev–Trinajstić information content (AvgIpc) is 2.90. The molecule has 0 unspecified atom stereocenters. The van der Waals surface area contributed by atoms with E-state index in [0.29, 0.717) is 17.1 Å². The molecule has 0 saturated heterocycles. The lowest BCUT2D eigenvalue weighted by atomic mass is 10.0. The summed E-state index contributed by atoms with van der Waals surface area (Å²) in [7, 11) is 0.736. The van der Waals surface area contributed by atoms with Crippen LogP contribution in [0.15, 0.2) is 72.8 Å². The van der Waals surface area contributed by atoms with Gasteiger partial charge in [0.05, 0.1) is 14.2 Å². The molecule has 0 heterocycles. The lowest BCUT2D eigenvalue weighted by molar-refractivity contribution is 0.112. The minimum Gasteiger partial charge on any atom is -0.493 e. The summed E-state index contributed by atoms with van der Waals surface area (Å²) in [5.74, 6) is 1.25. The van der Waals surface area contributed by atoms with Crippen LogP contribution in [0.25, 0.3) is 0 Å². The number of aldehydes is 1. The number of carbonyl (C=O) groups excluding carboxylic acids is 1. The summed E-state index contributed by atoms with van der Waals surface area (Å²) in [5, 5.41) is 2.63. The number of unbranched alkanes of at least 4 members (excludes halogenated alkanes) is 3. The highest BCUT2D eigenvalue weighted by Crippen LogP contribution is 2.37. The van der Waals surface area contributed by atoms with Crippen LogP contribution < -0.4 is 19.8 Å². The van der Waals surface area contributed by atoms with Crippen molar-refractivity contribution in [2.45, 2.75) is 57.9 Å². The maximum Gasteiger partial charge on any atom is 0.261 e. The minimum absolute atomic E-state index is 0.00560. The van der Waals surface area contributed by atoms with Crippen LogP contribution in [0.3, 0.4) is 0 Å². The van der Waals surface area contributed by atoms with Crippen molar-refractivity contribution in [3.8, 4) is 11.5 Å². The lowest BCUT2D eigenvalue weighted by Gasteiger charge is -2.43. The third-order valence-corrected chi connectivity index (χ3v) is 11.9. The number of rotatable bonds is 13. The molecule has 4 nitrogen and oxygen atoms in total. The van der Waals surface area contributed by atoms with Crippen LogP contribution in [-0.2, 0) is 10.8 Å². The molecule has 192 valence electrons. The molecule has 0 bridgehead atoms. The molecule has 0 aliphatic heterocycles. The van der Waals surface area contributed by atoms with E-state index >= 15 is 0 Å². The predicted molar refractivity (Wildman–Crippen MR) is 151 cm³/mol. The van der Waals surface area contributed by atoms with E-state index in [-0.39, 0.29) is 5.04 Å². The Balaban J connectivity index is 1.63. The van der Waals surface area contributed by atoms with E-state index < -0.39 is 8.32 Å². The number of hydrogen-bond donors (Lipinski definition) is 0. The molecule has 0 aliphatic rings. The standard InChI is InChI=1S/C31H40O4Si/c1-31(2,3)36(27-17-11-8-12-18-27,28-19-13-9-14-20-28)35-21-15-7-6-10-16-25-22-29(33-4)30(34-5)23-26(25)24-32/h8-9,11-14,17-20,22-24H,6-7,10,15-16,21H2,1-5H3. The summed E-state index contributed by atoms with van der Waals surface area (Å²) in [6, 6.07) is 25.3. The van der Waals surface area contributed by atoms with Gasteiger partial charge in [0, 0.05) is 12.2 Å². The Morgan fingerprint density at radius 3 is 1.78 bits per heavy atom. The molecule has 0 aromatic heterocycles. The van der Waals surface area contributed by atoms with E-state index in [0.717, 1.165) is 50.6 Å². The van der Waals surface area contributed by atoms with Crippen LogP contribution >= 0.6 is 0 Å². The van der Waals surface area contributed by atoms with E-state index in [2.05, 4.69) is 81.4 Å². The zero-order valence-corrected chi connectivity index (χ0v) is 23.4. The summed E-state index contributed by atoms with van der Waals surface area (Å²) in [4.78, 5) is 11.6. The van der Waals surface area contributed by atoms with Crippen LogP contribution in [0, 0.1) is 0 Å². The van der Waals surface area contributed by atoms with Gasteiger partial charge in [0.1, 0.15) is 6.29 Å². The SMILES string of the molecule is COc1cc(C=O)c(CCCCCCO[Si](c2ccccc2)(c2ccccc2)C(C)(C)C)cc1OC. The molecule has 0 atom stereocenters. The molecule has 0 N–H and O–H groups in total.